The van der Waals surface area contributed by atoms with Crippen LogP contribution < -0.4 is 0 Å². The fourth-order valence-electron chi connectivity index (χ4n) is 1.68. The zero-order chi connectivity index (χ0) is 11.0. The molecule has 1 aromatic heterocycles. The second-order valence-corrected chi connectivity index (χ2v) is 3.79. The number of hydrogen-bond donors (Lipinski definition) is 0. The predicted molar refractivity (Wildman–Crippen MR) is 51.0 cm³/mol. The third-order valence-electron chi connectivity index (χ3n) is 2.60. The van der Waals surface area contributed by atoms with E-state index in [9.17, 15) is 9.59 Å². The van der Waals surface area contributed by atoms with Gasteiger partial charge in [0, 0.05) is 18.7 Å². The zero-order valence-electron chi connectivity index (χ0n) is 8.69. The van der Waals surface area contributed by atoms with Gasteiger partial charge in [-0.15, -0.1) is 0 Å². The Hall–Kier alpha value is -1.65. The van der Waals surface area contributed by atoms with Crippen LogP contribution >= 0.6 is 0 Å². The maximum Gasteiger partial charge on any atom is 0.314 e. The summed E-state index contributed by atoms with van der Waals surface area (Å²) in [5, 5.41) is 4.26. The third kappa shape index (κ3) is 1.91. The lowest BCUT2D eigenvalue weighted by atomic mass is 9.96. The minimum atomic E-state index is -0.459. The zero-order valence-corrected chi connectivity index (χ0v) is 8.69. The number of esters is 2. The average Bonchev–Trinajstić information content (AvgIpc) is 2.45. The molecule has 5 heteroatoms. The van der Waals surface area contributed by atoms with Gasteiger partial charge in [-0.25, -0.2) is 0 Å². The van der Waals surface area contributed by atoms with E-state index in [1.54, 1.807) is 4.68 Å². The van der Waals surface area contributed by atoms with Crippen LogP contribution in [0, 0.1) is 6.92 Å². The lowest BCUT2D eigenvalue weighted by Gasteiger charge is -2.17. The molecule has 80 valence electrons. The first kappa shape index (κ1) is 9.89. The van der Waals surface area contributed by atoms with Crippen molar-refractivity contribution in [1.82, 2.24) is 9.78 Å². The van der Waals surface area contributed by atoms with Crippen molar-refractivity contribution < 1.29 is 14.3 Å². The molecule has 2 rings (SSSR count). The Balaban J connectivity index is 2.23. The van der Waals surface area contributed by atoms with Gasteiger partial charge < -0.3 is 4.74 Å². The molecule has 0 amide bonds. The van der Waals surface area contributed by atoms with Crippen molar-refractivity contribution in [3.05, 3.63) is 17.5 Å². The monoisotopic (exact) mass is 208 g/mol. The molecule has 1 saturated heterocycles. The normalized spacial score (nSPS) is 18.0. The Morgan fingerprint density at radius 2 is 2.00 bits per heavy atom. The lowest BCUT2D eigenvalue weighted by Crippen LogP contribution is -2.24. The number of rotatable bonds is 1. The van der Waals surface area contributed by atoms with Crippen molar-refractivity contribution >= 4 is 11.9 Å². The number of aryl methyl sites for hydroxylation is 2. The predicted octanol–water partition coefficient (Wildman–Crippen LogP) is 0.676. The first-order valence-electron chi connectivity index (χ1n) is 4.80. The summed E-state index contributed by atoms with van der Waals surface area (Å²) in [6.07, 6.45) is 0.477. The van der Waals surface area contributed by atoms with Gasteiger partial charge in [-0.3, -0.25) is 14.3 Å². The molecule has 1 aromatic rings. The van der Waals surface area contributed by atoms with Crippen molar-refractivity contribution in [2.75, 3.05) is 0 Å². The minimum Gasteiger partial charge on any atom is -0.393 e. The summed E-state index contributed by atoms with van der Waals surface area (Å²) < 4.78 is 6.20. The van der Waals surface area contributed by atoms with Gasteiger partial charge in [-0.1, -0.05) is 0 Å². The van der Waals surface area contributed by atoms with E-state index in [0.717, 1.165) is 11.4 Å². The molecule has 2 heterocycles. The Bertz CT molecular complexity index is 387. The highest BCUT2D eigenvalue weighted by atomic mass is 16.6. The maximum absolute atomic E-state index is 11.1. The highest BCUT2D eigenvalue weighted by molar-refractivity contribution is 5.89. The Labute approximate surface area is 87.0 Å². The van der Waals surface area contributed by atoms with E-state index in [1.165, 1.54) is 0 Å². The molecule has 0 spiro atoms. The summed E-state index contributed by atoms with van der Waals surface area (Å²) >= 11 is 0. The molecule has 5 nitrogen and oxygen atoms in total. The van der Waals surface area contributed by atoms with Crippen LogP contribution in [0.4, 0.5) is 0 Å². The highest BCUT2D eigenvalue weighted by Gasteiger charge is 2.29. The molecular formula is C10H12N2O3. The van der Waals surface area contributed by atoms with E-state index in [1.807, 2.05) is 20.0 Å². The van der Waals surface area contributed by atoms with Gasteiger partial charge in [0.15, 0.2) is 0 Å². The van der Waals surface area contributed by atoms with Gasteiger partial charge in [0.1, 0.15) is 0 Å². The maximum atomic E-state index is 11.1. The summed E-state index contributed by atoms with van der Waals surface area (Å²) in [5.74, 6) is -1.04. The molecule has 1 fully saturated rings. The summed E-state index contributed by atoms with van der Waals surface area (Å²) in [6.45, 7) is 1.93. The summed E-state index contributed by atoms with van der Waals surface area (Å²) in [4.78, 5) is 22.1. The molecule has 0 saturated carbocycles. The fourth-order valence-corrected chi connectivity index (χ4v) is 1.68. The van der Waals surface area contributed by atoms with Crippen LogP contribution in [0.3, 0.4) is 0 Å². The van der Waals surface area contributed by atoms with E-state index in [4.69, 9.17) is 0 Å². The van der Waals surface area contributed by atoms with Gasteiger partial charge in [0.2, 0.25) is 0 Å². The van der Waals surface area contributed by atoms with Crippen molar-refractivity contribution in [3.8, 4) is 0 Å². The molecule has 0 unspecified atom stereocenters. The largest absolute Gasteiger partial charge is 0.393 e. The van der Waals surface area contributed by atoms with Gasteiger partial charge in [-0.05, 0) is 13.0 Å². The minimum absolute atomic E-state index is 0.126. The number of carbonyl (C=O) groups excluding carboxylic acids is 2. The van der Waals surface area contributed by atoms with E-state index in [2.05, 4.69) is 9.84 Å². The SMILES string of the molecule is Cc1cc(C2CC(=O)OC(=O)C2)nn1C. The molecular weight excluding hydrogens is 196 g/mol. The first-order valence-corrected chi connectivity index (χ1v) is 4.80. The smallest absolute Gasteiger partial charge is 0.314 e. The fraction of sp³-hybridized carbons (Fsp3) is 0.500. The Morgan fingerprint density at radius 3 is 2.47 bits per heavy atom. The van der Waals surface area contributed by atoms with Crippen molar-refractivity contribution in [2.45, 2.75) is 25.7 Å². The molecule has 1 aliphatic heterocycles. The van der Waals surface area contributed by atoms with E-state index in [-0.39, 0.29) is 18.8 Å². The van der Waals surface area contributed by atoms with Crippen molar-refractivity contribution in [2.24, 2.45) is 7.05 Å². The van der Waals surface area contributed by atoms with Crippen LogP contribution in [0.2, 0.25) is 0 Å². The number of ether oxygens (including phenoxy) is 1. The second-order valence-electron chi connectivity index (χ2n) is 3.79. The van der Waals surface area contributed by atoms with Gasteiger partial charge in [0.25, 0.3) is 0 Å². The summed E-state index contributed by atoms with van der Waals surface area (Å²) in [6, 6.07) is 1.90. The van der Waals surface area contributed by atoms with Crippen LogP contribution in [0.1, 0.15) is 30.1 Å². The Morgan fingerprint density at radius 1 is 1.40 bits per heavy atom. The summed E-state index contributed by atoms with van der Waals surface area (Å²) in [7, 11) is 1.84. The number of cyclic esters (lactones) is 2. The van der Waals surface area contributed by atoms with Crippen LogP contribution in [-0.4, -0.2) is 21.7 Å². The molecule has 0 bridgehead atoms. The van der Waals surface area contributed by atoms with Crippen molar-refractivity contribution in [1.29, 1.82) is 0 Å². The van der Waals surface area contributed by atoms with Crippen molar-refractivity contribution in [3.63, 3.8) is 0 Å². The number of aromatic nitrogens is 2. The van der Waals surface area contributed by atoms with Gasteiger partial charge in [0.05, 0.1) is 18.5 Å². The van der Waals surface area contributed by atoms with Crippen LogP contribution in [0.25, 0.3) is 0 Å². The van der Waals surface area contributed by atoms with Crippen LogP contribution in [0.5, 0.6) is 0 Å². The van der Waals surface area contributed by atoms with E-state index in [0.29, 0.717) is 0 Å². The number of nitrogens with zero attached hydrogens (tertiary/aromatic N) is 2. The van der Waals surface area contributed by atoms with Crippen LogP contribution in [-0.2, 0) is 21.4 Å². The lowest BCUT2D eigenvalue weighted by molar-refractivity contribution is -0.164. The van der Waals surface area contributed by atoms with Crippen LogP contribution in [0.15, 0.2) is 6.07 Å². The molecule has 0 atom stereocenters. The topological polar surface area (TPSA) is 61.2 Å². The highest BCUT2D eigenvalue weighted by Crippen LogP contribution is 2.27. The molecule has 0 N–H and O–H groups in total. The standard InChI is InChI=1S/C10H12N2O3/c1-6-3-8(11-12(6)2)7-4-9(13)15-10(14)5-7/h3,7H,4-5H2,1-2H3. The molecule has 15 heavy (non-hydrogen) atoms. The summed E-state index contributed by atoms with van der Waals surface area (Å²) in [5.41, 5.74) is 1.80. The third-order valence-corrected chi connectivity index (χ3v) is 2.60. The number of carbonyl (C=O) groups is 2. The molecule has 0 radical (unpaired) electrons. The van der Waals surface area contributed by atoms with E-state index >= 15 is 0 Å². The molecule has 1 aliphatic rings. The van der Waals surface area contributed by atoms with Gasteiger partial charge in [-0.2, -0.15) is 5.10 Å². The second kappa shape index (κ2) is 3.49. The first-order chi connectivity index (χ1) is 7.06. The quantitative estimate of drug-likeness (QED) is 0.503. The Kier molecular flexibility index (Phi) is 2.30. The molecule has 0 aliphatic carbocycles. The van der Waals surface area contributed by atoms with Gasteiger partial charge >= 0.3 is 11.9 Å². The average molecular weight is 208 g/mol. The number of hydrogen-bond acceptors (Lipinski definition) is 4. The van der Waals surface area contributed by atoms with E-state index < -0.39 is 11.9 Å². The molecule has 0 aromatic carbocycles.